The monoisotopic (exact) mass is 235 g/mol. The normalized spacial score (nSPS) is 11.9. The lowest BCUT2D eigenvalue weighted by molar-refractivity contribution is 0.392. The van der Waals surface area contributed by atoms with Crippen molar-refractivity contribution in [1.29, 1.82) is 0 Å². The Balaban J connectivity index is 2.76. The van der Waals surface area contributed by atoms with Crippen molar-refractivity contribution in [3.63, 3.8) is 0 Å². The smallest absolute Gasteiger partial charge is 0.122 e. The number of ether oxygens (including phenoxy) is 2. The minimum atomic E-state index is 0.0129. The molecular weight excluding hydrogens is 214 g/mol. The molecule has 0 saturated heterocycles. The van der Waals surface area contributed by atoms with Gasteiger partial charge in [-0.25, -0.2) is 0 Å². The first-order valence-electron chi connectivity index (χ1n) is 5.80. The van der Waals surface area contributed by atoms with Gasteiger partial charge in [-0.3, -0.25) is 0 Å². The van der Waals surface area contributed by atoms with Crippen molar-refractivity contribution in [2.45, 2.75) is 25.3 Å². The van der Waals surface area contributed by atoms with Crippen LogP contribution in [0.1, 0.15) is 30.9 Å². The highest BCUT2D eigenvalue weighted by atomic mass is 16.5. The molecular formula is C14H21NO2. The predicted molar refractivity (Wildman–Crippen MR) is 70.5 cm³/mol. The quantitative estimate of drug-likeness (QED) is 0.583. The molecule has 0 aromatic heterocycles. The number of benzene rings is 1. The van der Waals surface area contributed by atoms with Gasteiger partial charge in [-0.2, -0.15) is 0 Å². The molecule has 0 bridgehead atoms. The van der Waals surface area contributed by atoms with Crippen LogP contribution >= 0.6 is 0 Å². The van der Waals surface area contributed by atoms with Crippen LogP contribution in [0.2, 0.25) is 0 Å². The fraction of sp³-hybridized carbons (Fsp3) is 0.429. The number of rotatable bonds is 7. The molecule has 3 nitrogen and oxygen atoms in total. The fourth-order valence-electron chi connectivity index (χ4n) is 1.69. The van der Waals surface area contributed by atoms with E-state index >= 15 is 0 Å². The van der Waals surface area contributed by atoms with Gasteiger partial charge in [0, 0.05) is 12.1 Å². The van der Waals surface area contributed by atoms with Crippen LogP contribution in [-0.4, -0.2) is 14.2 Å². The predicted octanol–water partition coefficient (Wildman–Crippen LogP) is 3.06. The summed E-state index contributed by atoms with van der Waals surface area (Å²) in [5, 5.41) is 0. The van der Waals surface area contributed by atoms with E-state index in [1.54, 1.807) is 14.2 Å². The lowest BCUT2D eigenvalue weighted by atomic mass is 10.0. The van der Waals surface area contributed by atoms with Crippen LogP contribution < -0.4 is 15.2 Å². The summed E-state index contributed by atoms with van der Waals surface area (Å²) in [5.41, 5.74) is 7.18. The molecule has 3 heteroatoms. The molecule has 94 valence electrons. The molecule has 2 N–H and O–H groups in total. The summed E-state index contributed by atoms with van der Waals surface area (Å²) in [4.78, 5) is 0. The molecule has 1 rings (SSSR count). The Hall–Kier alpha value is -1.48. The van der Waals surface area contributed by atoms with Gasteiger partial charge >= 0.3 is 0 Å². The molecule has 17 heavy (non-hydrogen) atoms. The van der Waals surface area contributed by atoms with E-state index in [0.29, 0.717) is 0 Å². The van der Waals surface area contributed by atoms with Gasteiger partial charge < -0.3 is 15.2 Å². The molecule has 0 aliphatic rings. The lowest BCUT2D eigenvalue weighted by Crippen LogP contribution is -2.10. The summed E-state index contributed by atoms with van der Waals surface area (Å²) < 4.78 is 10.4. The van der Waals surface area contributed by atoms with E-state index in [-0.39, 0.29) is 6.04 Å². The van der Waals surface area contributed by atoms with E-state index in [1.165, 1.54) is 0 Å². The average Bonchev–Trinajstić information content (AvgIpc) is 2.38. The Morgan fingerprint density at radius 3 is 2.29 bits per heavy atom. The third-order valence-electron chi connectivity index (χ3n) is 2.73. The van der Waals surface area contributed by atoms with Crippen molar-refractivity contribution < 1.29 is 9.47 Å². The van der Waals surface area contributed by atoms with Gasteiger partial charge in [0.05, 0.1) is 14.2 Å². The van der Waals surface area contributed by atoms with Crippen LogP contribution in [0.3, 0.4) is 0 Å². The number of hydrogen-bond donors (Lipinski definition) is 1. The topological polar surface area (TPSA) is 44.5 Å². The average molecular weight is 235 g/mol. The minimum absolute atomic E-state index is 0.0129. The van der Waals surface area contributed by atoms with Crippen LogP contribution in [0.4, 0.5) is 0 Å². The molecule has 0 aliphatic heterocycles. The van der Waals surface area contributed by atoms with E-state index in [9.17, 15) is 0 Å². The summed E-state index contributed by atoms with van der Waals surface area (Å²) in [5.74, 6) is 1.55. The molecule has 0 heterocycles. The van der Waals surface area contributed by atoms with Gasteiger partial charge in [-0.15, -0.1) is 6.58 Å². The molecule has 1 aromatic rings. The van der Waals surface area contributed by atoms with Gasteiger partial charge in [-0.05, 0) is 37.0 Å². The van der Waals surface area contributed by atoms with Crippen molar-refractivity contribution in [3.8, 4) is 11.5 Å². The van der Waals surface area contributed by atoms with Crippen molar-refractivity contribution in [3.05, 3.63) is 36.4 Å². The molecule has 0 saturated carbocycles. The van der Waals surface area contributed by atoms with E-state index in [1.807, 2.05) is 24.3 Å². The van der Waals surface area contributed by atoms with Crippen molar-refractivity contribution in [2.75, 3.05) is 14.2 Å². The zero-order chi connectivity index (χ0) is 12.7. The maximum atomic E-state index is 6.14. The van der Waals surface area contributed by atoms with E-state index in [0.717, 1.165) is 36.3 Å². The molecule has 0 amide bonds. The van der Waals surface area contributed by atoms with Gasteiger partial charge in [0.1, 0.15) is 11.5 Å². The minimum Gasteiger partial charge on any atom is -0.497 e. The summed E-state index contributed by atoms with van der Waals surface area (Å²) in [6.07, 6.45) is 4.89. The highest BCUT2D eigenvalue weighted by Gasteiger charge is 2.09. The number of methoxy groups -OCH3 is 2. The van der Waals surface area contributed by atoms with Gasteiger partial charge in [0.15, 0.2) is 0 Å². The van der Waals surface area contributed by atoms with Crippen LogP contribution in [0.15, 0.2) is 30.9 Å². The van der Waals surface area contributed by atoms with Crippen LogP contribution in [-0.2, 0) is 0 Å². The summed E-state index contributed by atoms with van der Waals surface area (Å²) in [6, 6.07) is 5.78. The zero-order valence-corrected chi connectivity index (χ0v) is 10.6. The molecule has 1 atom stereocenters. The molecule has 0 aliphatic carbocycles. The standard InChI is InChI=1S/C14H21NO2/c1-4-5-6-7-14(15)11-8-12(16-2)10-13(9-11)17-3/h4,8-10,14H,1,5-7,15H2,2-3H3. The van der Waals surface area contributed by atoms with Crippen molar-refractivity contribution >= 4 is 0 Å². The Labute approximate surface area is 103 Å². The molecule has 1 aromatic carbocycles. The zero-order valence-electron chi connectivity index (χ0n) is 10.6. The van der Waals surface area contributed by atoms with E-state index in [2.05, 4.69) is 6.58 Å². The Morgan fingerprint density at radius 1 is 1.24 bits per heavy atom. The third-order valence-corrected chi connectivity index (χ3v) is 2.73. The number of unbranched alkanes of at least 4 members (excludes halogenated alkanes) is 1. The van der Waals surface area contributed by atoms with Gasteiger partial charge in [0.25, 0.3) is 0 Å². The first kappa shape index (κ1) is 13.6. The molecule has 0 spiro atoms. The molecule has 0 fully saturated rings. The first-order valence-corrected chi connectivity index (χ1v) is 5.80. The fourth-order valence-corrected chi connectivity index (χ4v) is 1.69. The summed E-state index contributed by atoms with van der Waals surface area (Å²) >= 11 is 0. The second-order valence-electron chi connectivity index (χ2n) is 3.97. The first-order chi connectivity index (χ1) is 8.21. The highest BCUT2D eigenvalue weighted by Crippen LogP contribution is 2.27. The van der Waals surface area contributed by atoms with E-state index < -0.39 is 0 Å². The summed E-state index contributed by atoms with van der Waals surface area (Å²) in [7, 11) is 3.28. The van der Waals surface area contributed by atoms with Gasteiger partial charge in [-0.1, -0.05) is 6.08 Å². The molecule has 1 unspecified atom stereocenters. The second-order valence-corrected chi connectivity index (χ2v) is 3.97. The van der Waals surface area contributed by atoms with Crippen molar-refractivity contribution in [1.82, 2.24) is 0 Å². The second kappa shape index (κ2) is 6.97. The molecule has 0 radical (unpaired) electrons. The van der Waals surface area contributed by atoms with E-state index in [4.69, 9.17) is 15.2 Å². The number of hydrogen-bond acceptors (Lipinski definition) is 3. The number of nitrogens with two attached hydrogens (primary N) is 1. The number of allylic oxidation sites excluding steroid dienone is 1. The van der Waals surface area contributed by atoms with Crippen LogP contribution in [0.5, 0.6) is 11.5 Å². The third kappa shape index (κ3) is 4.11. The Kier molecular flexibility index (Phi) is 5.57. The van der Waals surface area contributed by atoms with Crippen LogP contribution in [0.25, 0.3) is 0 Å². The van der Waals surface area contributed by atoms with Crippen molar-refractivity contribution in [2.24, 2.45) is 5.73 Å². The maximum absolute atomic E-state index is 6.14. The van der Waals surface area contributed by atoms with Crippen LogP contribution in [0, 0.1) is 0 Å². The van der Waals surface area contributed by atoms with Gasteiger partial charge in [0.2, 0.25) is 0 Å². The Morgan fingerprint density at radius 2 is 1.82 bits per heavy atom. The Bertz CT molecular complexity index is 341. The largest absolute Gasteiger partial charge is 0.497 e. The SMILES string of the molecule is C=CCCCC(N)c1cc(OC)cc(OC)c1. The highest BCUT2D eigenvalue weighted by molar-refractivity contribution is 5.39. The lowest BCUT2D eigenvalue weighted by Gasteiger charge is -2.14. The maximum Gasteiger partial charge on any atom is 0.122 e. The summed E-state index contributed by atoms with van der Waals surface area (Å²) in [6.45, 7) is 3.70.